The Kier molecular flexibility index (Phi) is 5.19. The summed E-state index contributed by atoms with van der Waals surface area (Å²) < 4.78 is 56.3. The number of rotatable bonds is 6. The molecule has 0 aliphatic carbocycles. The molecule has 1 unspecified atom stereocenters. The van der Waals surface area contributed by atoms with Crippen LogP contribution in [0.5, 0.6) is 0 Å². The van der Waals surface area contributed by atoms with Crippen LogP contribution in [-0.4, -0.2) is 38.7 Å². The van der Waals surface area contributed by atoms with Crippen molar-refractivity contribution in [3.05, 3.63) is 24.1 Å². The van der Waals surface area contributed by atoms with Gasteiger partial charge in [0.1, 0.15) is 24.0 Å². The number of halogens is 2. The maximum absolute atomic E-state index is 13.2. The SMILES string of the molecule is COCN(c1cccc(F)n1)S(=O)(=O)[C@@H](C)C(C)F. The van der Waals surface area contributed by atoms with Gasteiger partial charge in [-0.1, -0.05) is 6.07 Å². The van der Waals surface area contributed by atoms with E-state index in [1.165, 1.54) is 26.2 Å². The van der Waals surface area contributed by atoms with E-state index in [9.17, 15) is 17.2 Å². The number of anilines is 1. The molecule has 108 valence electrons. The predicted octanol–water partition coefficient (Wildman–Crippen LogP) is 1.71. The van der Waals surface area contributed by atoms with Gasteiger partial charge < -0.3 is 4.74 Å². The lowest BCUT2D eigenvalue weighted by atomic mass is 10.3. The van der Waals surface area contributed by atoms with E-state index in [1.807, 2.05) is 0 Å². The minimum absolute atomic E-state index is 0.144. The van der Waals surface area contributed by atoms with Crippen molar-refractivity contribution in [1.82, 2.24) is 4.98 Å². The highest BCUT2D eigenvalue weighted by Gasteiger charge is 2.33. The third-order valence-corrected chi connectivity index (χ3v) is 4.85. The van der Waals surface area contributed by atoms with Gasteiger partial charge in [-0.15, -0.1) is 0 Å². The number of hydrogen-bond acceptors (Lipinski definition) is 4. The molecule has 2 atom stereocenters. The van der Waals surface area contributed by atoms with Crippen LogP contribution in [0.15, 0.2) is 18.2 Å². The van der Waals surface area contributed by atoms with Crippen molar-refractivity contribution < 1.29 is 21.9 Å². The van der Waals surface area contributed by atoms with Gasteiger partial charge in [-0.05, 0) is 26.0 Å². The van der Waals surface area contributed by atoms with E-state index in [1.54, 1.807) is 0 Å². The second-order valence-electron chi connectivity index (χ2n) is 4.01. The van der Waals surface area contributed by atoms with Crippen LogP contribution in [0, 0.1) is 5.95 Å². The Balaban J connectivity index is 3.21. The molecule has 0 radical (unpaired) electrons. The number of ether oxygens (including phenoxy) is 1. The van der Waals surface area contributed by atoms with Gasteiger partial charge in [0.05, 0.1) is 0 Å². The van der Waals surface area contributed by atoms with Crippen molar-refractivity contribution >= 4 is 15.8 Å². The summed E-state index contributed by atoms with van der Waals surface area (Å²) in [6.07, 6.45) is -1.57. The topological polar surface area (TPSA) is 59.5 Å². The fourth-order valence-corrected chi connectivity index (χ4v) is 2.85. The number of methoxy groups -OCH3 is 1. The summed E-state index contributed by atoms with van der Waals surface area (Å²) in [5.74, 6) is -0.968. The number of aromatic nitrogens is 1. The lowest BCUT2D eigenvalue weighted by Crippen LogP contribution is -2.42. The zero-order chi connectivity index (χ0) is 14.6. The first kappa shape index (κ1) is 15.8. The van der Waals surface area contributed by atoms with Crippen molar-refractivity contribution in [2.24, 2.45) is 0 Å². The molecule has 0 aromatic carbocycles. The molecule has 0 spiro atoms. The maximum atomic E-state index is 13.2. The molecule has 0 bridgehead atoms. The van der Waals surface area contributed by atoms with Crippen molar-refractivity contribution in [3.8, 4) is 0 Å². The normalized spacial score (nSPS) is 15.0. The monoisotopic (exact) mass is 294 g/mol. The number of alkyl halides is 1. The van der Waals surface area contributed by atoms with E-state index in [0.717, 1.165) is 17.3 Å². The Labute approximate surface area is 111 Å². The molecule has 0 aliphatic rings. The van der Waals surface area contributed by atoms with Crippen molar-refractivity contribution in [2.75, 3.05) is 18.1 Å². The summed E-state index contributed by atoms with van der Waals surface area (Å²) in [6, 6.07) is 3.72. The zero-order valence-electron chi connectivity index (χ0n) is 10.9. The molecule has 1 aromatic heterocycles. The van der Waals surface area contributed by atoms with Crippen LogP contribution in [0.25, 0.3) is 0 Å². The fourth-order valence-electron chi connectivity index (χ4n) is 1.36. The largest absolute Gasteiger partial charge is 0.363 e. The number of hydrogen-bond donors (Lipinski definition) is 0. The number of pyridine rings is 1. The third-order valence-electron chi connectivity index (χ3n) is 2.63. The van der Waals surface area contributed by atoms with E-state index in [-0.39, 0.29) is 12.5 Å². The minimum atomic E-state index is -4.03. The van der Waals surface area contributed by atoms with Crippen LogP contribution >= 0.6 is 0 Å². The molecule has 0 fully saturated rings. The van der Waals surface area contributed by atoms with Crippen LogP contribution in [0.1, 0.15) is 13.8 Å². The zero-order valence-corrected chi connectivity index (χ0v) is 11.7. The third kappa shape index (κ3) is 3.60. The van der Waals surface area contributed by atoms with Gasteiger partial charge in [-0.25, -0.2) is 22.1 Å². The van der Waals surface area contributed by atoms with Crippen molar-refractivity contribution in [1.29, 1.82) is 0 Å². The second kappa shape index (κ2) is 6.25. The fraction of sp³-hybridized carbons (Fsp3) is 0.545. The predicted molar refractivity (Wildman–Crippen MR) is 67.5 cm³/mol. The van der Waals surface area contributed by atoms with Gasteiger partial charge in [-0.2, -0.15) is 4.39 Å². The second-order valence-corrected chi connectivity index (χ2v) is 6.23. The van der Waals surface area contributed by atoms with E-state index in [2.05, 4.69) is 4.98 Å². The quantitative estimate of drug-likeness (QED) is 0.592. The number of sulfonamides is 1. The van der Waals surface area contributed by atoms with Gasteiger partial charge in [0, 0.05) is 7.11 Å². The summed E-state index contributed by atoms with van der Waals surface area (Å²) >= 11 is 0. The highest BCUT2D eigenvalue weighted by Crippen LogP contribution is 2.21. The molecule has 0 amide bonds. The van der Waals surface area contributed by atoms with E-state index >= 15 is 0 Å². The van der Waals surface area contributed by atoms with Gasteiger partial charge in [0.15, 0.2) is 0 Å². The minimum Gasteiger partial charge on any atom is -0.363 e. The van der Waals surface area contributed by atoms with Crippen LogP contribution in [-0.2, 0) is 14.8 Å². The van der Waals surface area contributed by atoms with Crippen molar-refractivity contribution in [2.45, 2.75) is 25.3 Å². The standard InChI is InChI=1S/C11H16F2N2O3S/c1-8(12)9(2)19(16,17)15(7-18-3)11-6-4-5-10(13)14-11/h4-6,8-9H,7H2,1-3H3/t8?,9-/m0/s1. The van der Waals surface area contributed by atoms with Crippen LogP contribution in [0.4, 0.5) is 14.6 Å². The molecule has 8 heteroatoms. The smallest absolute Gasteiger partial charge is 0.243 e. The average Bonchev–Trinajstić information content (AvgIpc) is 2.34. The van der Waals surface area contributed by atoms with E-state index < -0.39 is 27.4 Å². The molecule has 1 heterocycles. The van der Waals surface area contributed by atoms with Gasteiger partial charge in [0.25, 0.3) is 0 Å². The Morgan fingerprint density at radius 2 is 2.05 bits per heavy atom. The van der Waals surface area contributed by atoms with Gasteiger partial charge in [0.2, 0.25) is 16.0 Å². The molecular weight excluding hydrogens is 278 g/mol. The molecular formula is C11H16F2N2O3S. The van der Waals surface area contributed by atoms with Crippen molar-refractivity contribution in [3.63, 3.8) is 0 Å². The highest BCUT2D eigenvalue weighted by atomic mass is 32.2. The summed E-state index contributed by atoms with van der Waals surface area (Å²) in [5, 5.41) is -1.28. The molecule has 1 rings (SSSR count). The summed E-state index contributed by atoms with van der Waals surface area (Å²) in [4.78, 5) is 3.48. The Hall–Kier alpha value is -1.28. The summed E-state index contributed by atoms with van der Waals surface area (Å²) in [6.45, 7) is 2.02. The first-order valence-corrected chi connectivity index (χ1v) is 7.08. The van der Waals surface area contributed by atoms with E-state index in [0.29, 0.717) is 0 Å². The number of nitrogens with zero attached hydrogens (tertiary/aromatic N) is 2. The Morgan fingerprint density at radius 3 is 2.53 bits per heavy atom. The van der Waals surface area contributed by atoms with Crippen LogP contribution < -0.4 is 4.31 Å². The molecule has 1 aromatic rings. The maximum Gasteiger partial charge on any atom is 0.243 e. The molecule has 19 heavy (non-hydrogen) atoms. The van der Waals surface area contributed by atoms with Gasteiger partial charge >= 0.3 is 0 Å². The first-order chi connectivity index (χ1) is 8.80. The lowest BCUT2D eigenvalue weighted by molar-refractivity contribution is 0.208. The van der Waals surface area contributed by atoms with Crippen LogP contribution in [0.2, 0.25) is 0 Å². The molecule has 5 nitrogen and oxygen atoms in total. The van der Waals surface area contributed by atoms with Gasteiger partial charge in [-0.3, -0.25) is 0 Å². The summed E-state index contributed by atoms with van der Waals surface area (Å²) in [5.41, 5.74) is 0. The average molecular weight is 294 g/mol. The molecule has 0 saturated heterocycles. The Morgan fingerprint density at radius 1 is 1.42 bits per heavy atom. The molecule has 0 saturated carbocycles. The van der Waals surface area contributed by atoms with Crippen LogP contribution in [0.3, 0.4) is 0 Å². The Bertz CT molecular complexity index is 522. The molecule has 0 aliphatic heterocycles. The lowest BCUT2D eigenvalue weighted by Gasteiger charge is -2.26. The summed E-state index contributed by atoms with van der Waals surface area (Å²) in [7, 11) is -2.75. The van der Waals surface area contributed by atoms with E-state index in [4.69, 9.17) is 4.74 Å². The molecule has 0 N–H and O–H groups in total. The highest BCUT2D eigenvalue weighted by molar-refractivity contribution is 7.93. The first-order valence-electron chi connectivity index (χ1n) is 5.57.